The first-order valence-corrected chi connectivity index (χ1v) is 8.48. The van der Waals surface area contributed by atoms with Crippen LogP contribution in [-0.2, 0) is 13.2 Å². The molecule has 2 heterocycles. The van der Waals surface area contributed by atoms with Crippen LogP contribution in [0.2, 0.25) is 0 Å². The Labute approximate surface area is 144 Å². The van der Waals surface area contributed by atoms with Gasteiger partial charge < -0.3 is 9.64 Å². The molecule has 0 spiro atoms. The topological polar surface area (TPSA) is 47.4 Å². The highest BCUT2D eigenvalue weighted by atomic mass is 19.1. The van der Waals surface area contributed by atoms with Crippen LogP contribution in [0.4, 0.5) is 8.78 Å². The lowest BCUT2D eigenvalue weighted by Crippen LogP contribution is -2.46. The molecule has 25 heavy (non-hydrogen) atoms. The number of carbonyl (C=O) groups is 1. The molecule has 1 aromatic carbocycles. The zero-order valence-corrected chi connectivity index (χ0v) is 13.7. The third kappa shape index (κ3) is 3.23. The molecular formula is C18H19F2N3O2. The van der Waals surface area contributed by atoms with E-state index in [0.29, 0.717) is 43.2 Å². The van der Waals surface area contributed by atoms with Gasteiger partial charge in [-0.15, -0.1) is 0 Å². The maximum absolute atomic E-state index is 13.5. The summed E-state index contributed by atoms with van der Waals surface area (Å²) in [7, 11) is 0. The number of nitrogens with zero attached hydrogens (tertiary/aromatic N) is 3. The van der Waals surface area contributed by atoms with Gasteiger partial charge in [-0.1, -0.05) is 6.07 Å². The molecule has 1 aliphatic carbocycles. The van der Waals surface area contributed by atoms with Crippen molar-refractivity contribution in [3.8, 4) is 5.75 Å². The van der Waals surface area contributed by atoms with Crippen LogP contribution in [0.3, 0.4) is 0 Å². The van der Waals surface area contributed by atoms with Crippen LogP contribution in [-0.4, -0.2) is 39.8 Å². The Balaban J connectivity index is 1.42. The molecular weight excluding hydrogens is 328 g/mol. The number of alkyl halides is 1. The Hall–Kier alpha value is -2.44. The lowest BCUT2D eigenvalue weighted by Gasteiger charge is -2.36. The predicted molar refractivity (Wildman–Crippen MR) is 86.5 cm³/mol. The van der Waals surface area contributed by atoms with Crippen molar-refractivity contribution in [2.24, 2.45) is 5.92 Å². The number of benzene rings is 1. The summed E-state index contributed by atoms with van der Waals surface area (Å²) in [6, 6.07) is 7.58. The summed E-state index contributed by atoms with van der Waals surface area (Å²) in [5, 5.41) is 4.38. The van der Waals surface area contributed by atoms with Gasteiger partial charge in [-0.2, -0.15) is 5.10 Å². The first-order chi connectivity index (χ1) is 12.1. The highest BCUT2D eigenvalue weighted by molar-refractivity contribution is 5.93. The lowest BCUT2D eigenvalue weighted by molar-refractivity contribution is 0.0462. The Morgan fingerprint density at radius 1 is 1.24 bits per heavy atom. The fourth-order valence-corrected chi connectivity index (χ4v) is 3.27. The van der Waals surface area contributed by atoms with Gasteiger partial charge in [-0.3, -0.25) is 9.48 Å². The molecule has 2 aliphatic rings. The van der Waals surface area contributed by atoms with Crippen molar-refractivity contribution in [1.82, 2.24) is 14.7 Å². The highest BCUT2D eigenvalue weighted by Gasteiger charge is 2.35. The minimum Gasteiger partial charge on any atom is -0.487 e. The lowest BCUT2D eigenvalue weighted by atomic mass is 9.82. The summed E-state index contributed by atoms with van der Waals surface area (Å²) >= 11 is 0. The second kappa shape index (κ2) is 6.46. The first-order valence-electron chi connectivity index (χ1n) is 8.48. The average molecular weight is 347 g/mol. The summed E-state index contributed by atoms with van der Waals surface area (Å²) < 4.78 is 33.8. The fraction of sp³-hybridized carbons (Fsp3) is 0.444. The highest BCUT2D eigenvalue weighted by Crippen LogP contribution is 2.31. The van der Waals surface area contributed by atoms with Crippen LogP contribution >= 0.6 is 0 Å². The van der Waals surface area contributed by atoms with Crippen molar-refractivity contribution < 1.29 is 18.3 Å². The Morgan fingerprint density at radius 3 is 2.84 bits per heavy atom. The van der Waals surface area contributed by atoms with Crippen molar-refractivity contribution in [2.45, 2.75) is 32.2 Å². The molecule has 0 saturated heterocycles. The van der Waals surface area contributed by atoms with E-state index < -0.39 is 6.17 Å². The van der Waals surface area contributed by atoms with Gasteiger partial charge >= 0.3 is 0 Å². The fourth-order valence-electron chi connectivity index (χ4n) is 3.27. The zero-order valence-electron chi connectivity index (χ0n) is 13.7. The van der Waals surface area contributed by atoms with Gasteiger partial charge in [-0.05, 0) is 31.0 Å². The number of hydrogen-bond acceptors (Lipinski definition) is 3. The molecule has 5 nitrogen and oxygen atoms in total. The summed E-state index contributed by atoms with van der Waals surface area (Å²) in [6.07, 6.45) is 0.665. The monoisotopic (exact) mass is 347 g/mol. The molecule has 7 heteroatoms. The van der Waals surface area contributed by atoms with Crippen molar-refractivity contribution in [2.75, 3.05) is 13.1 Å². The largest absolute Gasteiger partial charge is 0.487 e. The molecule has 1 amide bonds. The predicted octanol–water partition coefficient (Wildman–Crippen LogP) is 2.81. The number of amides is 1. The van der Waals surface area contributed by atoms with Crippen LogP contribution in [0.5, 0.6) is 5.75 Å². The van der Waals surface area contributed by atoms with E-state index in [2.05, 4.69) is 5.10 Å². The second-order valence-electron chi connectivity index (χ2n) is 6.59. The van der Waals surface area contributed by atoms with Crippen molar-refractivity contribution in [3.05, 3.63) is 47.5 Å². The molecule has 1 fully saturated rings. The number of ether oxygens (including phenoxy) is 1. The van der Waals surface area contributed by atoms with Gasteiger partial charge in [0.2, 0.25) is 0 Å². The third-order valence-corrected chi connectivity index (χ3v) is 4.88. The van der Waals surface area contributed by atoms with Gasteiger partial charge in [0, 0.05) is 25.1 Å². The minimum atomic E-state index is -0.783. The molecule has 2 aromatic rings. The zero-order chi connectivity index (χ0) is 17.4. The van der Waals surface area contributed by atoms with Crippen molar-refractivity contribution >= 4 is 5.91 Å². The van der Waals surface area contributed by atoms with E-state index in [-0.39, 0.29) is 24.2 Å². The number of carbonyl (C=O) groups excluding carboxylic acids is 1. The SMILES string of the molecule is O=C1c2cc(COc3cccc(F)c3)nn2CCN1C[C@@H]1CCC1F. The standard InChI is InChI=1S/C18H19F2N3O2/c19-13-2-1-3-15(8-13)25-11-14-9-17-18(24)22(6-7-23(17)21-14)10-12-4-5-16(12)20/h1-3,8-9,12,16H,4-7,10-11H2/t12-,16?/m0/s1. The normalized spacial score (nSPS) is 22.5. The molecule has 1 aliphatic heterocycles. The number of fused-ring (bicyclic) bond motifs is 1. The molecule has 4 rings (SSSR count). The second-order valence-corrected chi connectivity index (χ2v) is 6.59. The summed E-state index contributed by atoms with van der Waals surface area (Å²) in [5.74, 6) is -0.100. The molecule has 1 aromatic heterocycles. The molecule has 2 atom stereocenters. The van der Waals surface area contributed by atoms with Gasteiger partial charge in [0.15, 0.2) is 0 Å². The maximum atomic E-state index is 13.5. The summed E-state index contributed by atoms with van der Waals surface area (Å²) in [4.78, 5) is 14.3. The third-order valence-electron chi connectivity index (χ3n) is 4.88. The van der Waals surface area contributed by atoms with Crippen LogP contribution in [0.15, 0.2) is 30.3 Å². The molecule has 1 unspecified atom stereocenters. The molecule has 0 radical (unpaired) electrons. The van der Waals surface area contributed by atoms with E-state index in [9.17, 15) is 13.6 Å². The van der Waals surface area contributed by atoms with Gasteiger partial charge in [0.25, 0.3) is 5.91 Å². The van der Waals surface area contributed by atoms with E-state index in [0.717, 1.165) is 6.42 Å². The van der Waals surface area contributed by atoms with Gasteiger partial charge in [-0.25, -0.2) is 8.78 Å². The van der Waals surface area contributed by atoms with Gasteiger partial charge in [0.05, 0.1) is 6.54 Å². The summed E-state index contributed by atoms with van der Waals surface area (Å²) in [5.41, 5.74) is 1.11. The van der Waals surface area contributed by atoms with Gasteiger partial charge in [0.1, 0.15) is 35.7 Å². The molecule has 0 N–H and O–H groups in total. The molecule has 132 valence electrons. The minimum absolute atomic E-state index is 0.0331. The summed E-state index contributed by atoms with van der Waals surface area (Å²) in [6.45, 7) is 1.76. The van der Waals surface area contributed by atoms with E-state index in [1.165, 1.54) is 12.1 Å². The number of aromatic nitrogens is 2. The van der Waals surface area contributed by atoms with Crippen LogP contribution in [0.1, 0.15) is 29.0 Å². The first kappa shape index (κ1) is 16.1. The van der Waals surface area contributed by atoms with Crippen LogP contribution in [0.25, 0.3) is 0 Å². The van der Waals surface area contributed by atoms with E-state index in [4.69, 9.17) is 4.74 Å². The van der Waals surface area contributed by atoms with E-state index in [1.54, 1.807) is 27.8 Å². The Morgan fingerprint density at radius 2 is 2.12 bits per heavy atom. The van der Waals surface area contributed by atoms with E-state index >= 15 is 0 Å². The van der Waals surface area contributed by atoms with Crippen LogP contribution in [0, 0.1) is 11.7 Å². The average Bonchev–Trinajstić information content (AvgIpc) is 3.02. The van der Waals surface area contributed by atoms with Crippen molar-refractivity contribution in [1.29, 1.82) is 0 Å². The Bertz CT molecular complexity index is 792. The number of rotatable bonds is 5. The maximum Gasteiger partial charge on any atom is 0.272 e. The number of hydrogen-bond donors (Lipinski definition) is 0. The van der Waals surface area contributed by atoms with Crippen molar-refractivity contribution in [3.63, 3.8) is 0 Å². The smallest absolute Gasteiger partial charge is 0.272 e. The quantitative estimate of drug-likeness (QED) is 0.836. The number of halogens is 2. The van der Waals surface area contributed by atoms with Crippen LogP contribution < -0.4 is 4.74 Å². The molecule has 1 saturated carbocycles. The Kier molecular flexibility index (Phi) is 4.15. The van der Waals surface area contributed by atoms with E-state index in [1.807, 2.05) is 0 Å². The molecule has 0 bridgehead atoms.